The Morgan fingerprint density at radius 3 is 2.04 bits per heavy atom. The molecule has 3 rings (SSSR count). The lowest BCUT2D eigenvalue weighted by atomic mass is 10.1. The maximum Gasteiger partial charge on any atom is 0.264 e. The number of thiophene rings is 1. The number of ether oxygens (including phenoxy) is 1. The molecule has 7 heteroatoms. The molecule has 0 spiro atoms. The standard InChI is InChI=1S/C19H20N2O4S/c1-13(22)16-7-12-26-17(16)19(24)21-10-8-20(9-11-21)18(23)14-3-5-15(25-2)6-4-14/h3-7,12H,8-11H2,1-2H3. The fourth-order valence-electron chi connectivity index (χ4n) is 2.92. The summed E-state index contributed by atoms with van der Waals surface area (Å²) in [5, 5.41) is 1.76. The number of nitrogens with zero attached hydrogens (tertiary/aromatic N) is 2. The first-order valence-electron chi connectivity index (χ1n) is 8.32. The van der Waals surface area contributed by atoms with Crippen molar-refractivity contribution in [1.82, 2.24) is 9.80 Å². The summed E-state index contributed by atoms with van der Waals surface area (Å²) in [6, 6.07) is 8.68. The van der Waals surface area contributed by atoms with Crippen molar-refractivity contribution in [2.24, 2.45) is 0 Å². The highest BCUT2D eigenvalue weighted by molar-refractivity contribution is 7.12. The molecule has 0 atom stereocenters. The molecular formula is C19H20N2O4S. The van der Waals surface area contributed by atoms with E-state index in [0.29, 0.717) is 47.9 Å². The summed E-state index contributed by atoms with van der Waals surface area (Å²) in [6.45, 7) is 3.31. The van der Waals surface area contributed by atoms with Crippen LogP contribution in [0.5, 0.6) is 5.75 Å². The van der Waals surface area contributed by atoms with Crippen molar-refractivity contribution in [3.05, 3.63) is 51.7 Å². The van der Waals surface area contributed by atoms with Crippen LogP contribution in [0.15, 0.2) is 35.7 Å². The topological polar surface area (TPSA) is 66.9 Å². The van der Waals surface area contributed by atoms with Gasteiger partial charge in [0.15, 0.2) is 5.78 Å². The summed E-state index contributed by atoms with van der Waals surface area (Å²) in [6.07, 6.45) is 0. The molecule has 1 fully saturated rings. The minimum atomic E-state index is -0.137. The molecule has 26 heavy (non-hydrogen) atoms. The zero-order chi connectivity index (χ0) is 18.7. The number of piperazine rings is 1. The largest absolute Gasteiger partial charge is 0.497 e. The molecule has 1 saturated heterocycles. The van der Waals surface area contributed by atoms with Gasteiger partial charge in [0.2, 0.25) is 0 Å². The Morgan fingerprint density at radius 1 is 0.923 bits per heavy atom. The SMILES string of the molecule is COc1ccc(C(=O)N2CCN(C(=O)c3sccc3C(C)=O)CC2)cc1. The summed E-state index contributed by atoms with van der Waals surface area (Å²) < 4.78 is 5.10. The van der Waals surface area contributed by atoms with Gasteiger partial charge in [0.25, 0.3) is 11.8 Å². The van der Waals surface area contributed by atoms with Crippen molar-refractivity contribution >= 4 is 28.9 Å². The molecular weight excluding hydrogens is 352 g/mol. The molecule has 0 N–H and O–H groups in total. The van der Waals surface area contributed by atoms with Gasteiger partial charge in [0, 0.05) is 37.3 Å². The number of rotatable bonds is 4. The number of Topliss-reactive ketones (excluding diaryl/α,β-unsaturated/α-hetero) is 1. The van der Waals surface area contributed by atoms with E-state index in [4.69, 9.17) is 4.74 Å². The van der Waals surface area contributed by atoms with Crippen LogP contribution in [0.1, 0.15) is 37.3 Å². The average Bonchev–Trinajstić information content (AvgIpc) is 3.17. The van der Waals surface area contributed by atoms with Crippen LogP contribution in [0.3, 0.4) is 0 Å². The van der Waals surface area contributed by atoms with Gasteiger partial charge in [0.1, 0.15) is 10.6 Å². The van der Waals surface area contributed by atoms with Gasteiger partial charge in [-0.25, -0.2) is 0 Å². The van der Waals surface area contributed by atoms with Gasteiger partial charge in [-0.2, -0.15) is 0 Å². The van der Waals surface area contributed by atoms with Gasteiger partial charge in [-0.05, 0) is 42.6 Å². The van der Waals surface area contributed by atoms with Crippen molar-refractivity contribution < 1.29 is 19.1 Å². The summed E-state index contributed by atoms with van der Waals surface area (Å²) in [5.41, 5.74) is 1.07. The number of benzene rings is 1. The molecule has 1 aromatic heterocycles. The Morgan fingerprint density at radius 2 is 1.50 bits per heavy atom. The number of hydrogen-bond donors (Lipinski definition) is 0. The predicted molar refractivity (Wildman–Crippen MR) is 99.1 cm³/mol. The third kappa shape index (κ3) is 3.62. The molecule has 6 nitrogen and oxygen atoms in total. The maximum atomic E-state index is 12.7. The first-order valence-corrected chi connectivity index (χ1v) is 9.20. The highest BCUT2D eigenvalue weighted by Gasteiger charge is 2.27. The molecule has 0 saturated carbocycles. The normalized spacial score (nSPS) is 14.2. The lowest BCUT2D eigenvalue weighted by Gasteiger charge is -2.34. The van der Waals surface area contributed by atoms with Crippen LogP contribution in [0.2, 0.25) is 0 Å². The summed E-state index contributed by atoms with van der Waals surface area (Å²) in [4.78, 5) is 40.8. The summed E-state index contributed by atoms with van der Waals surface area (Å²) in [5.74, 6) is 0.402. The van der Waals surface area contributed by atoms with Gasteiger partial charge in [0.05, 0.1) is 7.11 Å². The second kappa shape index (κ2) is 7.70. The van der Waals surface area contributed by atoms with Gasteiger partial charge < -0.3 is 14.5 Å². The van der Waals surface area contributed by atoms with Crippen molar-refractivity contribution in [1.29, 1.82) is 0 Å². The van der Waals surface area contributed by atoms with Gasteiger partial charge in [-0.1, -0.05) is 0 Å². The van der Waals surface area contributed by atoms with E-state index in [1.165, 1.54) is 18.3 Å². The smallest absolute Gasteiger partial charge is 0.264 e. The fraction of sp³-hybridized carbons (Fsp3) is 0.316. The zero-order valence-corrected chi connectivity index (χ0v) is 15.5. The van der Waals surface area contributed by atoms with E-state index in [1.807, 2.05) is 0 Å². The quantitative estimate of drug-likeness (QED) is 0.774. The highest BCUT2D eigenvalue weighted by Crippen LogP contribution is 2.21. The highest BCUT2D eigenvalue weighted by atomic mass is 32.1. The molecule has 2 aromatic rings. The molecule has 0 bridgehead atoms. The molecule has 1 aromatic carbocycles. The van der Waals surface area contributed by atoms with E-state index in [1.54, 1.807) is 52.6 Å². The lowest BCUT2D eigenvalue weighted by molar-refractivity contribution is 0.0537. The number of ketones is 1. The first-order chi connectivity index (χ1) is 12.5. The first kappa shape index (κ1) is 18.1. The minimum Gasteiger partial charge on any atom is -0.497 e. The Bertz CT molecular complexity index is 820. The van der Waals surface area contributed by atoms with E-state index in [2.05, 4.69) is 0 Å². The second-order valence-electron chi connectivity index (χ2n) is 6.03. The molecule has 0 unspecified atom stereocenters. The van der Waals surface area contributed by atoms with Crippen LogP contribution < -0.4 is 4.74 Å². The number of carbonyl (C=O) groups excluding carboxylic acids is 3. The molecule has 136 valence electrons. The van der Waals surface area contributed by atoms with Crippen LogP contribution in [0.25, 0.3) is 0 Å². The van der Waals surface area contributed by atoms with Crippen LogP contribution in [-0.2, 0) is 0 Å². The Labute approximate surface area is 156 Å². The van der Waals surface area contributed by atoms with Crippen molar-refractivity contribution in [2.75, 3.05) is 33.3 Å². The number of methoxy groups -OCH3 is 1. The third-order valence-electron chi connectivity index (χ3n) is 4.43. The van der Waals surface area contributed by atoms with Crippen molar-refractivity contribution in [2.45, 2.75) is 6.92 Å². The zero-order valence-electron chi connectivity index (χ0n) is 14.7. The second-order valence-corrected chi connectivity index (χ2v) is 6.95. The minimum absolute atomic E-state index is 0.0553. The molecule has 0 aliphatic carbocycles. The maximum absolute atomic E-state index is 12.7. The molecule has 2 amide bonds. The van der Waals surface area contributed by atoms with Gasteiger partial charge in [-0.3, -0.25) is 14.4 Å². The van der Waals surface area contributed by atoms with Crippen LogP contribution in [-0.4, -0.2) is 60.7 Å². The fourth-order valence-corrected chi connectivity index (χ4v) is 3.83. The Kier molecular flexibility index (Phi) is 5.37. The van der Waals surface area contributed by atoms with E-state index in [0.717, 1.165) is 0 Å². The third-order valence-corrected chi connectivity index (χ3v) is 5.33. The number of hydrogen-bond acceptors (Lipinski definition) is 5. The molecule has 0 radical (unpaired) electrons. The lowest BCUT2D eigenvalue weighted by Crippen LogP contribution is -2.50. The van der Waals surface area contributed by atoms with Crippen molar-refractivity contribution in [3.63, 3.8) is 0 Å². The Hall–Kier alpha value is -2.67. The predicted octanol–water partition coefficient (Wildman–Crippen LogP) is 2.56. The van der Waals surface area contributed by atoms with E-state index < -0.39 is 0 Å². The van der Waals surface area contributed by atoms with Crippen LogP contribution in [0, 0.1) is 0 Å². The number of carbonyl (C=O) groups is 3. The molecule has 1 aliphatic heterocycles. The van der Waals surface area contributed by atoms with E-state index in [-0.39, 0.29) is 17.6 Å². The number of amides is 2. The molecule has 2 heterocycles. The van der Waals surface area contributed by atoms with Gasteiger partial charge >= 0.3 is 0 Å². The van der Waals surface area contributed by atoms with E-state index in [9.17, 15) is 14.4 Å². The van der Waals surface area contributed by atoms with Crippen molar-refractivity contribution in [3.8, 4) is 5.75 Å². The van der Waals surface area contributed by atoms with E-state index >= 15 is 0 Å². The Balaban J connectivity index is 1.63. The summed E-state index contributed by atoms with van der Waals surface area (Å²) in [7, 11) is 1.58. The summed E-state index contributed by atoms with van der Waals surface area (Å²) >= 11 is 1.28. The van der Waals surface area contributed by atoms with Gasteiger partial charge in [-0.15, -0.1) is 11.3 Å². The monoisotopic (exact) mass is 372 g/mol. The van der Waals surface area contributed by atoms with Crippen LogP contribution >= 0.6 is 11.3 Å². The average molecular weight is 372 g/mol. The van der Waals surface area contributed by atoms with Crippen LogP contribution in [0.4, 0.5) is 0 Å². The molecule has 1 aliphatic rings.